The van der Waals surface area contributed by atoms with Crippen molar-refractivity contribution in [1.29, 1.82) is 5.26 Å². The molecule has 2 saturated heterocycles. The minimum Gasteiger partial charge on any atom is -0.480 e. The molecule has 31 heavy (non-hydrogen) atoms. The molecular formula is C21H24N4O4S2. The van der Waals surface area contributed by atoms with E-state index in [1.54, 1.807) is 17.6 Å². The maximum atomic E-state index is 13.1. The van der Waals surface area contributed by atoms with Crippen LogP contribution in [0, 0.1) is 18.3 Å². The summed E-state index contributed by atoms with van der Waals surface area (Å²) in [6.07, 6.45) is 5.34. The standard InChI is InChI=1S/C21H24N4O4S2/c1-3-4-9-24-18(23-7-5-6-8-23)14(13(2)15(11-22)19(24)28)10-16-20(29)25(12-17(26)27)21(30)31-16/h10H,3-9,12H2,1-2H3,(H,26,27). The predicted octanol–water partition coefficient (Wildman–Crippen LogP) is 2.71. The molecule has 1 N–H and O–H groups in total. The van der Waals surface area contributed by atoms with Crippen LogP contribution in [-0.4, -0.2) is 50.4 Å². The first-order chi connectivity index (χ1) is 14.8. The second kappa shape index (κ2) is 9.66. The van der Waals surface area contributed by atoms with Crippen LogP contribution in [0.1, 0.15) is 49.3 Å². The highest BCUT2D eigenvalue weighted by Crippen LogP contribution is 2.36. The smallest absolute Gasteiger partial charge is 0.323 e. The van der Waals surface area contributed by atoms with Crippen LogP contribution in [0.25, 0.3) is 6.08 Å². The highest BCUT2D eigenvalue weighted by Gasteiger charge is 2.34. The first-order valence-corrected chi connectivity index (χ1v) is 11.4. The number of aromatic nitrogens is 1. The Morgan fingerprint density at radius 3 is 2.58 bits per heavy atom. The number of carbonyl (C=O) groups is 2. The van der Waals surface area contributed by atoms with Gasteiger partial charge in [-0.1, -0.05) is 37.3 Å². The first kappa shape index (κ1) is 23.0. The zero-order chi connectivity index (χ0) is 22.7. The third-order valence-electron chi connectivity index (χ3n) is 5.43. The van der Waals surface area contributed by atoms with Crippen LogP contribution in [0.4, 0.5) is 5.82 Å². The van der Waals surface area contributed by atoms with Gasteiger partial charge in [-0.2, -0.15) is 5.26 Å². The molecule has 2 aliphatic rings. The molecule has 0 atom stereocenters. The molecule has 10 heteroatoms. The summed E-state index contributed by atoms with van der Waals surface area (Å²) in [5.74, 6) is -0.906. The average Bonchev–Trinajstić information content (AvgIpc) is 3.34. The Morgan fingerprint density at radius 2 is 2.00 bits per heavy atom. The van der Waals surface area contributed by atoms with Gasteiger partial charge in [0.2, 0.25) is 0 Å². The molecule has 2 aliphatic heterocycles. The van der Waals surface area contributed by atoms with Crippen LogP contribution >= 0.6 is 24.0 Å². The van der Waals surface area contributed by atoms with E-state index in [1.807, 2.05) is 13.0 Å². The summed E-state index contributed by atoms with van der Waals surface area (Å²) in [4.78, 5) is 40.5. The number of aliphatic carboxylic acids is 1. The lowest BCUT2D eigenvalue weighted by Crippen LogP contribution is -2.34. The van der Waals surface area contributed by atoms with E-state index in [9.17, 15) is 19.6 Å². The average molecular weight is 461 g/mol. The Morgan fingerprint density at radius 1 is 1.32 bits per heavy atom. The van der Waals surface area contributed by atoms with E-state index in [1.165, 1.54) is 0 Å². The molecule has 0 saturated carbocycles. The first-order valence-electron chi connectivity index (χ1n) is 10.2. The lowest BCUT2D eigenvalue weighted by molar-refractivity contribution is -0.140. The number of rotatable bonds is 7. The Labute approximate surface area is 190 Å². The van der Waals surface area contributed by atoms with Gasteiger partial charge >= 0.3 is 5.97 Å². The second-order valence-electron chi connectivity index (χ2n) is 7.52. The van der Waals surface area contributed by atoms with Crippen molar-refractivity contribution in [2.75, 3.05) is 24.5 Å². The Bertz CT molecular complexity index is 1060. The lowest BCUT2D eigenvalue weighted by Gasteiger charge is -2.27. The van der Waals surface area contributed by atoms with Gasteiger partial charge in [0.15, 0.2) is 0 Å². The number of hydrogen-bond acceptors (Lipinski definition) is 7. The third-order valence-corrected chi connectivity index (χ3v) is 6.81. The van der Waals surface area contributed by atoms with Gasteiger partial charge in [-0.25, -0.2) is 0 Å². The highest BCUT2D eigenvalue weighted by molar-refractivity contribution is 8.26. The number of carbonyl (C=O) groups excluding carboxylic acids is 1. The molecule has 164 valence electrons. The molecule has 0 aromatic carbocycles. The quantitative estimate of drug-likeness (QED) is 0.489. The minimum atomic E-state index is -1.15. The van der Waals surface area contributed by atoms with Crippen molar-refractivity contribution >= 4 is 52.1 Å². The Balaban J connectivity index is 2.21. The van der Waals surface area contributed by atoms with E-state index in [2.05, 4.69) is 4.90 Å². The second-order valence-corrected chi connectivity index (χ2v) is 9.19. The highest BCUT2D eigenvalue weighted by atomic mass is 32.2. The number of anilines is 1. The summed E-state index contributed by atoms with van der Waals surface area (Å²) in [6.45, 7) is 5.31. The van der Waals surface area contributed by atoms with Gasteiger partial charge in [-0.3, -0.25) is 23.9 Å². The summed E-state index contributed by atoms with van der Waals surface area (Å²) in [6, 6.07) is 2.03. The molecule has 1 amide bonds. The van der Waals surface area contributed by atoms with Crippen LogP contribution in [0.2, 0.25) is 0 Å². The van der Waals surface area contributed by atoms with Gasteiger partial charge < -0.3 is 10.0 Å². The van der Waals surface area contributed by atoms with Gasteiger partial charge in [-0.15, -0.1) is 0 Å². The summed E-state index contributed by atoms with van der Waals surface area (Å²) in [7, 11) is 0. The summed E-state index contributed by atoms with van der Waals surface area (Å²) >= 11 is 6.24. The van der Waals surface area contributed by atoms with Crippen molar-refractivity contribution < 1.29 is 14.7 Å². The minimum absolute atomic E-state index is 0.0614. The molecular weight excluding hydrogens is 436 g/mol. The molecule has 0 unspecified atom stereocenters. The van der Waals surface area contributed by atoms with Crippen LogP contribution in [0.15, 0.2) is 9.70 Å². The van der Waals surface area contributed by atoms with Crippen molar-refractivity contribution in [3.8, 4) is 6.07 Å². The monoisotopic (exact) mass is 460 g/mol. The van der Waals surface area contributed by atoms with Crippen molar-refractivity contribution in [3.63, 3.8) is 0 Å². The largest absolute Gasteiger partial charge is 0.480 e. The van der Waals surface area contributed by atoms with Crippen LogP contribution in [-0.2, 0) is 16.1 Å². The maximum absolute atomic E-state index is 13.1. The number of thiocarbonyl (C=S) groups is 1. The van der Waals surface area contributed by atoms with E-state index in [0.717, 1.165) is 61.3 Å². The lowest BCUT2D eigenvalue weighted by atomic mass is 10.0. The molecule has 0 bridgehead atoms. The van der Waals surface area contributed by atoms with Gasteiger partial charge in [0, 0.05) is 25.2 Å². The fraction of sp³-hybridized carbons (Fsp3) is 0.476. The molecule has 0 spiro atoms. The van der Waals surface area contributed by atoms with Crippen LogP contribution < -0.4 is 10.5 Å². The SMILES string of the molecule is CCCCn1c(N2CCCC2)c(C=C2SC(=S)N(CC(=O)O)C2=O)c(C)c(C#N)c1=O. The number of hydrogen-bond donors (Lipinski definition) is 1. The van der Waals surface area contributed by atoms with Gasteiger partial charge in [0.25, 0.3) is 11.5 Å². The fourth-order valence-corrected chi connectivity index (χ4v) is 5.08. The van der Waals surface area contributed by atoms with Crippen LogP contribution in [0.3, 0.4) is 0 Å². The van der Waals surface area contributed by atoms with E-state index in [0.29, 0.717) is 22.6 Å². The summed E-state index contributed by atoms with van der Waals surface area (Å²) in [5, 5.41) is 18.7. The summed E-state index contributed by atoms with van der Waals surface area (Å²) < 4.78 is 1.84. The number of thioether (sulfide) groups is 1. The number of pyridine rings is 1. The third kappa shape index (κ3) is 4.52. The van der Waals surface area contributed by atoms with Crippen LogP contribution in [0.5, 0.6) is 0 Å². The molecule has 3 rings (SSSR count). The Kier molecular flexibility index (Phi) is 7.18. The molecule has 0 radical (unpaired) electrons. The number of nitrogens with zero attached hydrogens (tertiary/aromatic N) is 4. The number of carboxylic acids is 1. The zero-order valence-electron chi connectivity index (χ0n) is 17.5. The fourth-order valence-electron chi connectivity index (χ4n) is 3.84. The molecule has 0 aliphatic carbocycles. The number of carboxylic acid groups (broad SMARTS) is 1. The van der Waals surface area contributed by atoms with E-state index in [-0.39, 0.29) is 15.4 Å². The van der Waals surface area contributed by atoms with E-state index in [4.69, 9.17) is 17.3 Å². The van der Waals surface area contributed by atoms with Crippen molar-refractivity contribution in [1.82, 2.24) is 9.47 Å². The maximum Gasteiger partial charge on any atom is 0.323 e. The van der Waals surface area contributed by atoms with Crippen molar-refractivity contribution in [3.05, 3.63) is 31.9 Å². The van der Waals surface area contributed by atoms with E-state index < -0.39 is 18.4 Å². The number of nitriles is 1. The van der Waals surface area contributed by atoms with Gasteiger partial charge in [0.05, 0.1) is 4.91 Å². The molecule has 3 heterocycles. The topological polar surface area (TPSA) is 107 Å². The number of unbranched alkanes of at least 4 members (excludes halogenated alkanes) is 1. The van der Waals surface area contributed by atoms with Gasteiger partial charge in [0.1, 0.15) is 28.3 Å². The van der Waals surface area contributed by atoms with Crippen molar-refractivity contribution in [2.24, 2.45) is 0 Å². The normalized spacial score (nSPS) is 17.6. The predicted molar refractivity (Wildman–Crippen MR) is 124 cm³/mol. The zero-order valence-corrected chi connectivity index (χ0v) is 19.1. The molecule has 1 aromatic rings. The van der Waals surface area contributed by atoms with Crippen molar-refractivity contribution in [2.45, 2.75) is 46.1 Å². The van der Waals surface area contributed by atoms with E-state index >= 15 is 0 Å². The molecule has 8 nitrogen and oxygen atoms in total. The molecule has 1 aromatic heterocycles. The van der Waals surface area contributed by atoms with Gasteiger partial charge in [-0.05, 0) is 37.8 Å². The molecule has 2 fully saturated rings. The summed E-state index contributed by atoms with van der Waals surface area (Å²) in [5.41, 5.74) is 0.910. The Hall–Kier alpha value is -2.64. The number of amides is 1.